The van der Waals surface area contributed by atoms with Crippen LogP contribution in [0.2, 0.25) is 0 Å². The van der Waals surface area contributed by atoms with Gasteiger partial charge in [0, 0.05) is 19.0 Å². The van der Waals surface area contributed by atoms with Crippen molar-refractivity contribution in [2.75, 3.05) is 0 Å². The van der Waals surface area contributed by atoms with E-state index in [1.165, 1.54) is 13.0 Å². The van der Waals surface area contributed by atoms with Crippen LogP contribution in [0.3, 0.4) is 0 Å². The zero-order chi connectivity index (χ0) is 10.6. The Bertz CT molecular complexity index is 336. The molecule has 0 aliphatic carbocycles. The van der Waals surface area contributed by atoms with Gasteiger partial charge in [-0.1, -0.05) is 19.1 Å². The molecule has 0 aliphatic heterocycles. The van der Waals surface area contributed by atoms with E-state index in [1.54, 1.807) is 12.1 Å². The summed E-state index contributed by atoms with van der Waals surface area (Å²) in [6.45, 7) is 3.69. The average Bonchev–Trinajstić information content (AvgIpc) is 2.16. The van der Waals surface area contributed by atoms with Crippen molar-refractivity contribution in [1.82, 2.24) is 5.32 Å². The standard InChI is InChI=1S/C11H14FNO/c1-3-9-4-5-11(12)10(6-9)7-13-8(2)14/h4-6H,3,7H2,1-2H3,(H,13,14). The van der Waals surface area contributed by atoms with E-state index in [4.69, 9.17) is 0 Å². The molecule has 0 saturated carbocycles. The molecule has 1 aromatic rings. The van der Waals surface area contributed by atoms with Crippen LogP contribution in [0.25, 0.3) is 0 Å². The molecule has 14 heavy (non-hydrogen) atoms. The van der Waals surface area contributed by atoms with Crippen LogP contribution >= 0.6 is 0 Å². The molecule has 1 rings (SSSR count). The summed E-state index contributed by atoms with van der Waals surface area (Å²) in [6, 6.07) is 4.98. The molecule has 1 aromatic carbocycles. The van der Waals surface area contributed by atoms with Crippen LogP contribution in [0.1, 0.15) is 25.0 Å². The molecule has 0 aliphatic rings. The van der Waals surface area contributed by atoms with Crippen molar-refractivity contribution in [1.29, 1.82) is 0 Å². The molecular formula is C11H14FNO. The minimum Gasteiger partial charge on any atom is -0.352 e. The zero-order valence-electron chi connectivity index (χ0n) is 8.43. The molecule has 0 heterocycles. The maximum atomic E-state index is 13.2. The second-order valence-electron chi connectivity index (χ2n) is 3.19. The van der Waals surface area contributed by atoms with Gasteiger partial charge in [0.25, 0.3) is 0 Å². The van der Waals surface area contributed by atoms with Crippen LogP contribution in [0, 0.1) is 5.82 Å². The summed E-state index contributed by atoms with van der Waals surface area (Å²) in [7, 11) is 0. The summed E-state index contributed by atoms with van der Waals surface area (Å²) in [5.41, 5.74) is 1.62. The van der Waals surface area contributed by atoms with Gasteiger partial charge in [-0.05, 0) is 18.1 Å². The topological polar surface area (TPSA) is 29.1 Å². The molecular weight excluding hydrogens is 181 g/mol. The van der Waals surface area contributed by atoms with Gasteiger partial charge < -0.3 is 5.32 Å². The number of carbonyl (C=O) groups is 1. The van der Waals surface area contributed by atoms with E-state index >= 15 is 0 Å². The fraction of sp³-hybridized carbons (Fsp3) is 0.364. The number of halogens is 1. The molecule has 0 unspecified atom stereocenters. The first-order valence-electron chi connectivity index (χ1n) is 4.65. The maximum Gasteiger partial charge on any atom is 0.217 e. The molecule has 0 aromatic heterocycles. The van der Waals surface area contributed by atoms with Crippen molar-refractivity contribution >= 4 is 5.91 Å². The molecule has 0 spiro atoms. The van der Waals surface area contributed by atoms with Crippen molar-refractivity contribution in [2.45, 2.75) is 26.8 Å². The first kappa shape index (κ1) is 10.7. The third kappa shape index (κ3) is 2.83. The monoisotopic (exact) mass is 195 g/mol. The summed E-state index contributed by atoms with van der Waals surface area (Å²) in [6.07, 6.45) is 0.868. The third-order valence-electron chi connectivity index (χ3n) is 2.05. The zero-order valence-corrected chi connectivity index (χ0v) is 8.43. The number of hydrogen-bond donors (Lipinski definition) is 1. The lowest BCUT2D eigenvalue weighted by Crippen LogP contribution is -2.19. The van der Waals surface area contributed by atoms with Gasteiger partial charge in [0.2, 0.25) is 5.91 Å². The minimum atomic E-state index is -0.268. The molecule has 0 fully saturated rings. The second-order valence-corrected chi connectivity index (χ2v) is 3.19. The Morgan fingerprint density at radius 3 is 2.79 bits per heavy atom. The fourth-order valence-electron chi connectivity index (χ4n) is 1.20. The molecule has 0 saturated heterocycles. The van der Waals surface area contributed by atoms with E-state index in [2.05, 4.69) is 5.32 Å². The highest BCUT2D eigenvalue weighted by molar-refractivity contribution is 5.72. The maximum absolute atomic E-state index is 13.2. The van der Waals surface area contributed by atoms with Crippen LogP contribution in [-0.2, 0) is 17.8 Å². The van der Waals surface area contributed by atoms with E-state index in [0.717, 1.165) is 12.0 Å². The van der Waals surface area contributed by atoms with Gasteiger partial charge in [-0.3, -0.25) is 4.79 Å². The Labute approximate surface area is 83.1 Å². The predicted octanol–water partition coefficient (Wildman–Crippen LogP) is 2.02. The Balaban J connectivity index is 2.78. The molecule has 76 valence electrons. The lowest BCUT2D eigenvalue weighted by Gasteiger charge is -2.05. The third-order valence-corrected chi connectivity index (χ3v) is 2.05. The highest BCUT2D eigenvalue weighted by atomic mass is 19.1. The molecule has 0 bridgehead atoms. The number of aryl methyl sites for hydroxylation is 1. The van der Waals surface area contributed by atoms with E-state index in [9.17, 15) is 9.18 Å². The van der Waals surface area contributed by atoms with Crippen molar-refractivity contribution in [3.05, 3.63) is 35.1 Å². The van der Waals surface area contributed by atoms with E-state index < -0.39 is 0 Å². The van der Waals surface area contributed by atoms with Gasteiger partial charge in [0.15, 0.2) is 0 Å². The molecule has 0 atom stereocenters. The first-order valence-corrected chi connectivity index (χ1v) is 4.65. The Morgan fingerprint density at radius 2 is 2.21 bits per heavy atom. The summed E-state index contributed by atoms with van der Waals surface area (Å²) in [4.78, 5) is 10.6. The average molecular weight is 195 g/mol. The van der Waals surface area contributed by atoms with Crippen molar-refractivity contribution in [3.8, 4) is 0 Å². The van der Waals surface area contributed by atoms with Crippen LogP contribution in [-0.4, -0.2) is 5.91 Å². The van der Waals surface area contributed by atoms with E-state index in [1.807, 2.05) is 6.92 Å². The van der Waals surface area contributed by atoms with Crippen LogP contribution in [0.15, 0.2) is 18.2 Å². The Hall–Kier alpha value is -1.38. The smallest absolute Gasteiger partial charge is 0.217 e. The van der Waals surface area contributed by atoms with E-state index in [0.29, 0.717) is 5.56 Å². The highest BCUT2D eigenvalue weighted by Gasteiger charge is 2.03. The molecule has 3 heteroatoms. The second kappa shape index (κ2) is 4.74. The summed E-state index contributed by atoms with van der Waals surface area (Å²) in [5.74, 6) is -0.415. The normalized spacial score (nSPS) is 9.93. The SMILES string of the molecule is CCc1ccc(F)c(CNC(C)=O)c1. The molecule has 1 N–H and O–H groups in total. The number of amides is 1. The summed E-state index contributed by atoms with van der Waals surface area (Å²) < 4.78 is 13.2. The van der Waals surface area contributed by atoms with Gasteiger partial charge in [0.1, 0.15) is 5.82 Å². The number of rotatable bonds is 3. The highest BCUT2D eigenvalue weighted by Crippen LogP contribution is 2.10. The van der Waals surface area contributed by atoms with Gasteiger partial charge in [-0.25, -0.2) is 4.39 Å². The number of hydrogen-bond acceptors (Lipinski definition) is 1. The summed E-state index contributed by atoms with van der Waals surface area (Å²) in [5, 5.41) is 2.58. The van der Waals surface area contributed by atoms with Gasteiger partial charge in [-0.15, -0.1) is 0 Å². The summed E-state index contributed by atoms with van der Waals surface area (Å²) >= 11 is 0. The van der Waals surface area contributed by atoms with Crippen molar-refractivity contribution in [2.24, 2.45) is 0 Å². The number of benzene rings is 1. The van der Waals surface area contributed by atoms with Crippen LogP contribution < -0.4 is 5.32 Å². The predicted molar refractivity (Wildman–Crippen MR) is 53.3 cm³/mol. The van der Waals surface area contributed by atoms with Gasteiger partial charge in [0.05, 0.1) is 0 Å². The lowest BCUT2D eigenvalue weighted by atomic mass is 10.1. The first-order chi connectivity index (χ1) is 6.63. The lowest BCUT2D eigenvalue weighted by molar-refractivity contribution is -0.119. The van der Waals surface area contributed by atoms with Crippen molar-refractivity contribution in [3.63, 3.8) is 0 Å². The quantitative estimate of drug-likeness (QED) is 0.785. The molecule has 1 amide bonds. The molecule has 0 radical (unpaired) electrons. The van der Waals surface area contributed by atoms with Crippen molar-refractivity contribution < 1.29 is 9.18 Å². The number of nitrogens with one attached hydrogen (secondary N) is 1. The van der Waals surface area contributed by atoms with Crippen LogP contribution in [0.4, 0.5) is 4.39 Å². The number of carbonyl (C=O) groups excluding carboxylic acids is 1. The Kier molecular flexibility index (Phi) is 3.63. The van der Waals surface area contributed by atoms with Crippen LogP contribution in [0.5, 0.6) is 0 Å². The minimum absolute atomic E-state index is 0.147. The Morgan fingerprint density at radius 1 is 1.50 bits per heavy atom. The largest absolute Gasteiger partial charge is 0.352 e. The molecule has 2 nitrogen and oxygen atoms in total. The van der Waals surface area contributed by atoms with Gasteiger partial charge in [-0.2, -0.15) is 0 Å². The van der Waals surface area contributed by atoms with E-state index in [-0.39, 0.29) is 18.3 Å². The van der Waals surface area contributed by atoms with Gasteiger partial charge >= 0.3 is 0 Å². The fourth-order valence-corrected chi connectivity index (χ4v) is 1.20.